The summed E-state index contributed by atoms with van der Waals surface area (Å²) in [5, 5.41) is 5.70. The summed E-state index contributed by atoms with van der Waals surface area (Å²) in [5.41, 5.74) is 2.59. The van der Waals surface area contributed by atoms with Crippen molar-refractivity contribution in [3.63, 3.8) is 0 Å². The number of halogens is 1. The number of amides is 2. The molecule has 0 heterocycles. The van der Waals surface area contributed by atoms with Crippen LogP contribution in [0.1, 0.15) is 40.9 Å². The van der Waals surface area contributed by atoms with Gasteiger partial charge in [0.25, 0.3) is 5.91 Å². The van der Waals surface area contributed by atoms with Gasteiger partial charge in [-0.05, 0) is 44.2 Å². The van der Waals surface area contributed by atoms with Crippen molar-refractivity contribution in [2.24, 2.45) is 0 Å². The molecule has 2 rings (SSSR count). The van der Waals surface area contributed by atoms with Gasteiger partial charge in [0, 0.05) is 28.6 Å². The number of carbonyl (C=O) groups excluding carboxylic acids is 2. The molecule has 0 radical (unpaired) electrons. The van der Waals surface area contributed by atoms with Crippen LogP contribution < -0.4 is 15.4 Å². The number of rotatable bonds is 7. The molecular weight excluding hydrogens is 396 g/mol. The molecule has 138 valence electrons. The molecule has 0 unspecified atom stereocenters. The molecule has 5 nitrogen and oxygen atoms in total. The average molecular weight is 419 g/mol. The Hall–Kier alpha value is -2.34. The second-order valence-electron chi connectivity index (χ2n) is 6.05. The zero-order chi connectivity index (χ0) is 19.1. The lowest BCUT2D eigenvalue weighted by molar-refractivity contribution is -0.121. The summed E-state index contributed by atoms with van der Waals surface area (Å²) in [5.74, 6) is 0.419. The van der Waals surface area contributed by atoms with Crippen LogP contribution in [-0.2, 0) is 4.79 Å². The third-order valence-corrected chi connectivity index (χ3v) is 4.50. The number of hydrogen-bond acceptors (Lipinski definition) is 3. The smallest absolute Gasteiger partial charge is 0.251 e. The van der Waals surface area contributed by atoms with Crippen LogP contribution in [0.2, 0.25) is 0 Å². The zero-order valence-electron chi connectivity index (χ0n) is 15.1. The Morgan fingerprint density at radius 3 is 2.50 bits per heavy atom. The molecule has 0 fully saturated rings. The Kier molecular flexibility index (Phi) is 7.21. The van der Waals surface area contributed by atoms with Gasteiger partial charge < -0.3 is 15.4 Å². The van der Waals surface area contributed by atoms with E-state index in [9.17, 15) is 9.59 Å². The van der Waals surface area contributed by atoms with Crippen molar-refractivity contribution in [3.05, 3.63) is 63.6 Å². The highest BCUT2D eigenvalue weighted by Crippen LogP contribution is 2.26. The van der Waals surface area contributed by atoms with Gasteiger partial charge in [-0.2, -0.15) is 0 Å². The number of carbonyl (C=O) groups is 2. The van der Waals surface area contributed by atoms with Gasteiger partial charge in [-0.1, -0.05) is 33.6 Å². The standard InChI is InChI=1S/C20H23BrN2O3/c1-13-4-9-18(26-3)17(12-13)14(2)23-19(24)10-11-22-20(25)15-5-7-16(21)8-6-15/h4-9,12,14H,10-11H2,1-3H3,(H,22,25)(H,23,24)/t14-/m1/s1. The Labute approximate surface area is 162 Å². The van der Waals surface area contributed by atoms with Crippen LogP contribution in [0.15, 0.2) is 46.9 Å². The highest BCUT2D eigenvalue weighted by atomic mass is 79.9. The molecule has 0 aliphatic heterocycles. The van der Waals surface area contributed by atoms with Crippen LogP contribution in [0.3, 0.4) is 0 Å². The van der Waals surface area contributed by atoms with Gasteiger partial charge in [-0.25, -0.2) is 0 Å². The third kappa shape index (κ3) is 5.59. The van der Waals surface area contributed by atoms with E-state index in [0.29, 0.717) is 5.56 Å². The fraction of sp³-hybridized carbons (Fsp3) is 0.300. The topological polar surface area (TPSA) is 67.4 Å². The first kappa shape index (κ1) is 20.0. The van der Waals surface area contributed by atoms with Crippen LogP contribution >= 0.6 is 15.9 Å². The Bertz CT molecular complexity index is 775. The van der Waals surface area contributed by atoms with Crippen molar-refractivity contribution in [1.82, 2.24) is 10.6 Å². The lowest BCUT2D eigenvalue weighted by Crippen LogP contribution is -2.32. The number of aryl methyl sites for hydroxylation is 1. The molecule has 0 aliphatic rings. The molecule has 26 heavy (non-hydrogen) atoms. The van der Waals surface area contributed by atoms with E-state index in [1.165, 1.54) is 0 Å². The van der Waals surface area contributed by atoms with Gasteiger partial charge in [0.2, 0.25) is 5.91 Å². The van der Waals surface area contributed by atoms with E-state index in [0.717, 1.165) is 21.3 Å². The minimum absolute atomic E-state index is 0.128. The van der Waals surface area contributed by atoms with Gasteiger partial charge in [0.15, 0.2) is 0 Å². The van der Waals surface area contributed by atoms with Gasteiger partial charge in [-0.15, -0.1) is 0 Å². The third-order valence-electron chi connectivity index (χ3n) is 3.97. The molecular formula is C20H23BrN2O3. The van der Waals surface area contributed by atoms with Crippen LogP contribution in [0.5, 0.6) is 5.75 Å². The van der Waals surface area contributed by atoms with Gasteiger partial charge in [0.05, 0.1) is 13.2 Å². The first-order valence-corrected chi connectivity index (χ1v) is 9.17. The van der Waals surface area contributed by atoms with E-state index in [2.05, 4.69) is 26.6 Å². The Morgan fingerprint density at radius 2 is 1.85 bits per heavy atom. The summed E-state index contributed by atoms with van der Waals surface area (Å²) < 4.78 is 6.27. The molecule has 2 N–H and O–H groups in total. The number of hydrogen-bond donors (Lipinski definition) is 2. The van der Waals surface area contributed by atoms with Crippen molar-refractivity contribution >= 4 is 27.7 Å². The first-order valence-electron chi connectivity index (χ1n) is 8.38. The number of benzene rings is 2. The summed E-state index contributed by atoms with van der Waals surface area (Å²) in [6.07, 6.45) is 0.209. The van der Waals surface area contributed by atoms with E-state index in [-0.39, 0.29) is 30.8 Å². The molecule has 0 aromatic heterocycles. The normalized spacial score (nSPS) is 11.5. The van der Waals surface area contributed by atoms with Crippen LogP contribution in [0.25, 0.3) is 0 Å². The van der Waals surface area contributed by atoms with E-state index in [1.807, 2.05) is 32.0 Å². The minimum atomic E-state index is -0.196. The Balaban J connectivity index is 1.84. The lowest BCUT2D eigenvalue weighted by Gasteiger charge is -2.18. The van der Waals surface area contributed by atoms with Crippen molar-refractivity contribution in [2.45, 2.75) is 26.3 Å². The summed E-state index contributed by atoms with van der Waals surface area (Å²) in [4.78, 5) is 24.2. The molecule has 0 saturated heterocycles. The maximum Gasteiger partial charge on any atom is 0.251 e. The van der Waals surface area contributed by atoms with E-state index < -0.39 is 0 Å². The van der Waals surface area contributed by atoms with E-state index in [4.69, 9.17) is 4.74 Å². The molecule has 0 bridgehead atoms. The molecule has 2 aromatic rings. The summed E-state index contributed by atoms with van der Waals surface area (Å²) in [7, 11) is 1.61. The molecule has 0 saturated carbocycles. The molecule has 0 aliphatic carbocycles. The van der Waals surface area contributed by atoms with Gasteiger partial charge >= 0.3 is 0 Å². The van der Waals surface area contributed by atoms with Crippen LogP contribution in [0, 0.1) is 6.92 Å². The number of nitrogens with one attached hydrogen (secondary N) is 2. The Morgan fingerprint density at radius 1 is 1.15 bits per heavy atom. The van der Waals surface area contributed by atoms with Crippen molar-refractivity contribution in [1.29, 1.82) is 0 Å². The van der Waals surface area contributed by atoms with Gasteiger partial charge in [-0.3, -0.25) is 9.59 Å². The fourth-order valence-electron chi connectivity index (χ4n) is 2.58. The van der Waals surface area contributed by atoms with Crippen LogP contribution in [0.4, 0.5) is 0 Å². The second-order valence-corrected chi connectivity index (χ2v) is 6.96. The first-order chi connectivity index (χ1) is 12.4. The summed E-state index contributed by atoms with van der Waals surface area (Å²) >= 11 is 3.33. The minimum Gasteiger partial charge on any atom is -0.496 e. The van der Waals surface area contributed by atoms with Crippen molar-refractivity contribution < 1.29 is 14.3 Å². The molecule has 2 aromatic carbocycles. The monoisotopic (exact) mass is 418 g/mol. The molecule has 2 amide bonds. The summed E-state index contributed by atoms with van der Waals surface area (Å²) in [6, 6.07) is 12.7. The summed E-state index contributed by atoms with van der Waals surface area (Å²) in [6.45, 7) is 4.18. The predicted molar refractivity (Wildman–Crippen MR) is 105 cm³/mol. The number of ether oxygens (including phenoxy) is 1. The van der Waals surface area contributed by atoms with E-state index in [1.54, 1.807) is 31.4 Å². The largest absolute Gasteiger partial charge is 0.496 e. The maximum absolute atomic E-state index is 12.2. The number of methoxy groups -OCH3 is 1. The SMILES string of the molecule is COc1ccc(C)cc1[C@@H](C)NC(=O)CCNC(=O)c1ccc(Br)cc1. The second kappa shape index (κ2) is 9.38. The molecule has 6 heteroatoms. The highest BCUT2D eigenvalue weighted by Gasteiger charge is 2.14. The lowest BCUT2D eigenvalue weighted by atomic mass is 10.0. The fourth-order valence-corrected chi connectivity index (χ4v) is 2.84. The van der Waals surface area contributed by atoms with Crippen LogP contribution in [-0.4, -0.2) is 25.5 Å². The molecule has 1 atom stereocenters. The van der Waals surface area contributed by atoms with Crippen molar-refractivity contribution in [2.75, 3.05) is 13.7 Å². The highest BCUT2D eigenvalue weighted by molar-refractivity contribution is 9.10. The zero-order valence-corrected chi connectivity index (χ0v) is 16.7. The average Bonchev–Trinajstić information content (AvgIpc) is 2.62. The van der Waals surface area contributed by atoms with Crippen molar-refractivity contribution in [3.8, 4) is 5.75 Å². The maximum atomic E-state index is 12.2. The van der Waals surface area contributed by atoms with E-state index >= 15 is 0 Å². The quantitative estimate of drug-likeness (QED) is 0.718. The predicted octanol–water partition coefficient (Wildman–Crippen LogP) is 3.76. The molecule has 0 spiro atoms. The van der Waals surface area contributed by atoms with Gasteiger partial charge in [0.1, 0.15) is 5.75 Å².